The van der Waals surface area contributed by atoms with Gasteiger partial charge in [-0.05, 0) is 74.5 Å². The summed E-state index contributed by atoms with van der Waals surface area (Å²) >= 11 is 0. The molecule has 1 heteroatoms. The van der Waals surface area contributed by atoms with E-state index in [2.05, 4.69) is 6.92 Å². The SMILES string of the molecule is CC1CC2CCC34OCCC3CCC4C2C1. The molecule has 1 heterocycles. The van der Waals surface area contributed by atoms with Crippen molar-refractivity contribution >= 4 is 0 Å². The van der Waals surface area contributed by atoms with Crippen LogP contribution in [0.4, 0.5) is 0 Å². The first-order valence-electron chi connectivity index (χ1n) is 7.43. The van der Waals surface area contributed by atoms with Gasteiger partial charge in [0.05, 0.1) is 5.60 Å². The van der Waals surface area contributed by atoms with E-state index in [1.165, 1.54) is 44.9 Å². The fraction of sp³-hybridized carbons (Fsp3) is 1.00. The summed E-state index contributed by atoms with van der Waals surface area (Å²) in [5, 5.41) is 0. The fourth-order valence-corrected chi connectivity index (χ4v) is 5.90. The highest BCUT2D eigenvalue weighted by molar-refractivity contribution is 5.10. The van der Waals surface area contributed by atoms with Crippen molar-refractivity contribution in [3.8, 4) is 0 Å². The predicted octanol–water partition coefficient (Wildman–Crippen LogP) is 3.63. The molecule has 6 unspecified atom stereocenters. The van der Waals surface area contributed by atoms with E-state index in [0.29, 0.717) is 5.60 Å². The second-order valence-corrected chi connectivity index (χ2v) is 7.01. The third kappa shape index (κ3) is 1.11. The maximum absolute atomic E-state index is 6.31. The lowest BCUT2D eigenvalue weighted by Crippen LogP contribution is -2.46. The Balaban J connectivity index is 1.67. The highest BCUT2D eigenvalue weighted by atomic mass is 16.5. The van der Waals surface area contributed by atoms with Crippen LogP contribution < -0.4 is 0 Å². The minimum Gasteiger partial charge on any atom is -0.374 e. The van der Waals surface area contributed by atoms with E-state index in [9.17, 15) is 0 Å². The molecule has 0 amide bonds. The van der Waals surface area contributed by atoms with Crippen LogP contribution >= 0.6 is 0 Å². The normalized spacial score (nSPS) is 59.4. The van der Waals surface area contributed by atoms with E-state index < -0.39 is 0 Å². The second-order valence-electron chi connectivity index (χ2n) is 7.01. The molecule has 4 rings (SSSR count). The van der Waals surface area contributed by atoms with Crippen molar-refractivity contribution in [1.29, 1.82) is 0 Å². The first-order chi connectivity index (χ1) is 7.79. The van der Waals surface area contributed by atoms with Crippen molar-refractivity contribution in [3.05, 3.63) is 0 Å². The Hall–Kier alpha value is -0.0400. The van der Waals surface area contributed by atoms with Gasteiger partial charge in [0.15, 0.2) is 0 Å². The lowest BCUT2D eigenvalue weighted by molar-refractivity contribution is -0.0987. The molecule has 1 nitrogen and oxygen atoms in total. The van der Waals surface area contributed by atoms with Gasteiger partial charge in [0.1, 0.15) is 0 Å². The molecule has 0 aromatic heterocycles. The summed E-state index contributed by atoms with van der Waals surface area (Å²) in [6.45, 7) is 3.53. The van der Waals surface area contributed by atoms with E-state index in [1.807, 2.05) is 0 Å². The zero-order valence-electron chi connectivity index (χ0n) is 10.5. The van der Waals surface area contributed by atoms with Gasteiger partial charge in [0, 0.05) is 6.61 Å². The summed E-state index contributed by atoms with van der Waals surface area (Å²) in [5.74, 6) is 4.98. The van der Waals surface area contributed by atoms with E-state index in [-0.39, 0.29) is 0 Å². The molecule has 1 aliphatic heterocycles. The summed E-state index contributed by atoms with van der Waals surface area (Å²) < 4.78 is 6.31. The van der Waals surface area contributed by atoms with Crippen LogP contribution in [0.3, 0.4) is 0 Å². The Labute approximate surface area is 98.9 Å². The van der Waals surface area contributed by atoms with E-state index in [0.717, 1.165) is 36.2 Å². The number of ether oxygens (including phenoxy) is 1. The van der Waals surface area contributed by atoms with E-state index in [1.54, 1.807) is 0 Å². The van der Waals surface area contributed by atoms with Gasteiger partial charge in [-0.25, -0.2) is 0 Å². The van der Waals surface area contributed by atoms with Gasteiger partial charge in [0.25, 0.3) is 0 Å². The zero-order chi connectivity index (χ0) is 10.8. The molecular formula is C15H24O. The van der Waals surface area contributed by atoms with E-state index >= 15 is 0 Å². The van der Waals surface area contributed by atoms with Gasteiger partial charge in [-0.15, -0.1) is 0 Å². The maximum atomic E-state index is 6.31. The van der Waals surface area contributed by atoms with Crippen LogP contribution in [0.5, 0.6) is 0 Å². The number of rotatable bonds is 0. The molecule has 3 aliphatic carbocycles. The van der Waals surface area contributed by atoms with Crippen LogP contribution in [-0.2, 0) is 4.74 Å². The Morgan fingerprint density at radius 3 is 2.94 bits per heavy atom. The van der Waals surface area contributed by atoms with Crippen LogP contribution in [0.15, 0.2) is 0 Å². The summed E-state index contributed by atoms with van der Waals surface area (Å²) in [5.41, 5.74) is 0.380. The summed E-state index contributed by atoms with van der Waals surface area (Å²) in [6, 6.07) is 0. The highest BCUT2D eigenvalue weighted by Gasteiger charge is 2.60. The van der Waals surface area contributed by atoms with Crippen molar-refractivity contribution < 1.29 is 4.74 Å². The Morgan fingerprint density at radius 2 is 2.00 bits per heavy atom. The van der Waals surface area contributed by atoms with Crippen LogP contribution in [0.25, 0.3) is 0 Å². The monoisotopic (exact) mass is 220 g/mol. The maximum Gasteiger partial charge on any atom is 0.0742 e. The topological polar surface area (TPSA) is 9.23 Å². The average Bonchev–Trinajstić information content (AvgIpc) is 2.86. The average molecular weight is 220 g/mol. The molecule has 0 radical (unpaired) electrons. The molecule has 1 saturated heterocycles. The molecule has 0 aromatic rings. The lowest BCUT2D eigenvalue weighted by Gasteiger charge is -2.45. The van der Waals surface area contributed by atoms with Gasteiger partial charge < -0.3 is 4.74 Å². The smallest absolute Gasteiger partial charge is 0.0742 e. The molecule has 16 heavy (non-hydrogen) atoms. The summed E-state index contributed by atoms with van der Waals surface area (Å²) in [4.78, 5) is 0. The third-order valence-electron chi connectivity index (χ3n) is 6.39. The number of hydrogen-bond donors (Lipinski definition) is 0. The number of hydrogen-bond acceptors (Lipinski definition) is 1. The standard InChI is InChI=1S/C15H24O/c1-10-8-11-4-6-15-12(5-7-16-15)2-3-14(15)13(11)9-10/h10-14H,2-9H2,1H3. The molecule has 3 saturated carbocycles. The van der Waals surface area contributed by atoms with Crippen molar-refractivity contribution in [2.45, 2.75) is 57.5 Å². The quantitative estimate of drug-likeness (QED) is 0.606. The van der Waals surface area contributed by atoms with Gasteiger partial charge in [0.2, 0.25) is 0 Å². The van der Waals surface area contributed by atoms with Gasteiger partial charge in [-0.2, -0.15) is 0 Å². The molecular weight excluding hydrogens is 196 g/mol. The summed E-state index contributed by atoms with van der Waals surface area (Å²) in [6.07, 6.45) is 10.2. The Morgan fingerprint density at radius 1 is 1.06 bits per heavy atom. The van der Waals surface area contributed by atoms with Gasteiger partial charge >= 0.3 is 0 Å². The fourth-order valence-electron chi connectivity index (χ4n) is 5.90. The molecule has 0 aromatic carbocycles. The Bertz CT molecular complexity index is 300. The first kappa shape index (κ1) is 9.94. The molecule has 90 valence electrons. The molecule has 4 fully saturated rings. The van der Waals surface area contributed by atoms with Crippen molar-refractivity contribution in [2.24, 2.45) is 29.6 Å². The van der Waals surface area contributed by atoms with Gasteiger partial charge in [-0.1, -0.05) is 6.92 Å². The van der Waals surface area contributed by atoms with Crippen LogP contribution in [0, 0.1) is 29.6 Å². The van der Waals surface area contributed by atoms with Crippen molar-refractivity contribution in [1.82, 2.24) is 0 Å². The Kier molecular flexibility index (Phi) is 2.02. The highest BCUT2D eigenvalue weighted by Crippen LogP contribution is 2.62. The molecule has 6 atom stereocenters. The second kappa shape index (κ2) is 3.25. The third-order valence-corrected chi connectivity index (χ3v) is 6.39. The minimum absolute atomic E-state index is 0.380. The molecule has 0 bridgehead atoms. The van der Waals surface area contributed by atoms with Crippen LogP contribution in [-0.4, -0.2) is 12.2 Å². The first-order valence-corrected chi connectivity index (χ1v) is 7.43. The van der Waals surface area contributed by atoms with Crippen molar-refractivity contribution in [2.75, 3.05) is 6.61 Å². The largest absolute Gasteiger partial charge is 0.374 e. The lowest BCUT2D eigenvalue weighted by atomic mass is 9.65. The van der Waals surface area contributed by atoms with Crippen LogP contribution in [0.1, 0.15) is 51.9 Å². The van der Waals surface area contributed by atoms with E-state index in [4.69, 9.17) is 4.74 Å². The van der Waals surface area contributed by atoms with Crippen LogP contribution in [0.2, 0.25) is 0 Å². The summed E-state index contributed by atoms with van der Waals surface area (Å²) in [7, 11) is 0. The predicted molar refractivity (Wildman–Crippen MR) is 64.1 cm³/mol. The number of fused-ring (bicyclic) bond motifs is 2. The molecule has 0 N–H and O–H groups in total. The van der Waals surface area contributed by atoms with Crippen molar-refractivity contribution in [3.63, 3.8) is 0 Å². The minimum atomic E-state index is 0.380. The molecule has 4 aliphatic rings. The molecule has 1 spiro atoms. The zero-order valence-corrected chi connectivity index (χ0v) is 10.5. The van der Waals surface area contributed by atoms with Gasteiger partial charge in [-0.3, -0.25) is 0 Å².